The molecule has 3 aromatic rings. The molecule has 0 saturated carbocycles. The lowest BCUT2D eigenvalue weighted by atomic mass is 9.86. The summed E-state index contributed by atoms with van der Waals surface area (Å²) >= 11 is 0. The molecular weight excluding hydrogens is 352 g/mol. The van der Waals surface area contributed by atoms with Crippen LogP contribution in [-0.2, 0) is 13.0 Å². The summed E-state index contributed by atoms with van der Waals surface area (Å²) in [4.78, 5) is 31.1. The number of carbonyl (C=O) groups excluding carboxylic acids is 2. The summed E-state index contributed by atoms with van der Waals surface area (Å²) in [5, 5.41) is 6.72. The zero-order chi connectivity index (χ0) is 19.5. The first-order chi connectivity index (χ1) is 13.6. The van der Waals surface area contributed by atoms with Gasteiger partial charge in [0.1, 0.15) is 11.4 Å². The maximum absolute atomic E-state index is 13.4. The van der Waals surface area contributed by atoms with Crippen molar-refractivity contribution in [2.24, 2.45) is 0 Å². The van der Waals surface area contributed by atoms with Crippen molar-refractivity contribution in [3.8, 4) is 0 Å². The van der Waals surface area contributed by atoms with Crippen LogP contribution in [0.3, 0.4) is 0 Å². The highest BCUT2D eigenvalue weighted by atomic mass is 16.2. The zero-order valence-corrected chi connectivity index (χ0v) is 15.8. The minimum absolute atomic E-state index is 0.0262. The molecule has 1 N–H and O–H groups in total. The Morgan fingerprint density at radius 2 is 2.07 bits per heavy atom. The van der Waals surface area contributed by atoms with Crippen molar-refractivity contribution in [3.05, 3.63) is 82.9 Å². The van der Waals surface area contributed by atoms with E-state index >= 15 is 0 Å². The Bertz CT molecular complexity index is 997. The molecular formula is C22H22N4O2. The fourth-order valence-electron chi connectivity index (χ4n) is 3.83. The lowest BCUT2D eigenvalue weighted by molar-refractivity contribution is 0.0631. The predicted octanol–water partition coefficient (Wildman–Crippen LogP) is 3.73. The van der Waals surface area contributed by atoms with Gasteiger partial charge in [0.25, 0.3) is 5.91 Å². The van der Waals surface area contributed by atoms with Gasteiger partial charge < -0.3 is 4.90 Å². The molecule has 1 aromatic carbocycles. The Morgan fingerprint density at radius 1 is 1.21 bits per heavy atom. The van der Waals surface area contributed by atoms with E-state index in [0.29, 0.717) is 12.2 Å². The molecule has 4 rings (SSSR count). The van der Waals surface area contributed by atoms with Crippen molar-refractivity contribution >= 4 is 11.7 Å². The first-order valence-corrected chi connectivity index (χ1v) is 9.47. The molecule has 1 aliphatic carbocycles. The van der Waals surface area contributed by atoms with Crippen LogP contribution in [0.4, 0.5) is 0 Å². The second kappa shape index (κ2) is 7.76. The van der Waals surface area contributed by atoms with Crippen LogP contribution in [0.2, 0.25) is 0 Å². The number of pyridine rings is 1. The van der Waals surface area contributed by atoms with Crippen molar-refractivity contribution in [2.45, 2.75) is 38.8 Å². The second-order valence-electron chi connectivity index (χ2n) is 7.12. The van der Waals surface area contributed by atoms with E-state index in [1.165, 1.54) is 24.1 Å². The molecule has 2 heterocycles. The fraction of sp³-hybridized carbons (Fsp3) is 0.273. The number of aromatic nitrogens is 3. The molecule has 6 heteroatoms. The first kappa shape index (κ1) is 18.1. The van der Waals surface area contributed by atoms with Gasteiger partial charge in [0.2, 0.25) is 0 Å². The molecule has 1 amide bonds. The molecule has 0 saturated heterocycles. The van der Waals surface area contributed by atoms with Crippen molar-refractivity contribution in [3.63, 3.8) is 0 Å². The van der Waals surface area contributed by atoms with Crippen molar-refractivity contribution < 1.29 is 9.59 Å². The van der Waals surface area contributed by atoms with E-state index in [1.54, 1.807) is 12.4 Å². The number of hydrogen-bond acceptors (Lipinski definition) is 4. The summed E-state index contributed by atoms with van der Waals surface area (Å²) in [6.45, 7) is 1.88. The number of ketones is 1. The fourth-order valence-corrected chi connectivity index (χ4v) is 3.83. The molecule has 0 spiro atoms. The Kier molecular flexibility index (Phi) is 5.02. The van der Waals surface area contributed by atoms with Crippen LogP contribution in [-0.4, -0.2) is 31.8 Å². The van der Waals surface area contributed by atoms with Crippen molar-refractivity contribution in [1.82, 2.24) is 20.1 Å². The van der Waals surface area contributed by atoms with Gasteiger partial charge >= 0.3 is 0 Å². The first-order valence-electron chi connectivity index (χ1n) is 9.47. The van der Waals surface area contributed by atoms with Crippen molar-refractivity contribution in [1.29, 1.82) is 0 Å². The molecule has 1 aliphatic rings. The Balaban J connectivity index is 1.72. The van der Waals surface area contributed by atoms with Gasteiger partial charge in [-0.2, -0.15) is 5.10 Å². The molecule has 142 valence electrons. The average molecular weight is 374 g/mol. The van der Waals surface area contributed by atoms with Gasteiger partial charge in [0.05, 0.1) is 6.04 Å². The summed E-state index contributed by atoms with van der Waals surface area (Å²) in [6.07, 6.45) is 6.46. The van der Waals surface area contributed by atoms with Crippen LogP contribution in [0.25, 0.3) is 0 Å². The van der Waals surface area contributed by atoms with Crippen LogP contribution < -0.4 is 0 Å². The quantitative estimate of drug-likeness (QED) is 0.690. The van der Waals surface area contributed by atoms with Gasteiger partial charge in [0.15, 0.2) is 5.78 Å². The van der Waals surface area contributed by atoms with Crippen LogP contribution in [0.1, 0.15) is 63.5 Å². The summed E-state index contributed by atoms with van der Waals surface area (Å²) in [5.41, 5.74) is 4.05. The molecule has 0 aliphatic heterocycles. The van der Waals surface area contributed by atoms with Gasteiger partial charge in [-0.3, -0.25) is 19.7 Å². The smallest absolute Gasteiger partial charge is 0.272 e. The van der Waals surface area contributed by atoms with Crippen LogP contribution in [0.15, 0.2) is 54.9 Å². The van der Waals surface area contributed by atoms with E-state index in [1.807, 2.05) is 29.2 Å². The Hall–Kier alpha value is -3.28. The number of carbonyl (C=O) groups is 2. The van der Waals surface area contributed by atoms with E-state index in [2.05, 4.69) is 27.3 Å². The molecule has 6 nitrogen and oxygen atoms in total. The lowest BCUT2D eigenvalue weighted by Crippen LogP contribution is -2.36. The number of fused-ring (bicyclic) bond motifs is 1. The highest BCUT2D eigenvalue weighted by molar-refractivity contribution is 5.97. The number of hydrogen-bond donors (Lipinski definition) is 1. The van der Waals surface area contributed by atoms with Crippen LogP contribution in [0, 0.1) is 0 Å². The minimum atomic E-state index is -0.169. The second-order valence-corrected chi connectivity index (χ2v) is 7.12. The standard InChI is InChI=1S/C22H22N4O2/c1-15(27)19-12-20(25-24-19)22(28)26(14-16-6-5-11-23-13-16)21-10-4-8-17-7-2-3-9-18(17)21/h2-3,5-7,9,11-13,21H,4,8,10,14H2,1H3,(H,24,25)/t21-/m1/s1. The number of nitrogens with one attached hydrogen (secondary N) is 1. The number of nitrogens with zero attached hydrogens (tertiary/aromatic N) is 3. The Labute approximate surface area is 163 Å². The number of aromatic amines is 1. The summed E-state index contributed by atoms with van der Waals surface area (Å²) in [7, 11) is 0. The number of aryl methyl sites for hydroxylation is 1. The van der Waals surface area contributed by atoms with E-state index in [-0.39, 0.29) is 23.4 Å². The van der Waals surface area contributed by atoms with E-state index in [0.717, 1.165) is 24.8 Å². The third-order valence-electron chi connectivity index (χ3n) is 5.22. The van der Waals surface area contributed by atoms with E-state index in [4.69, 9.17) is 0 Å². The summed E-state index contributed by atoms with van der Waals surface area (Å²) in [5.74, 6) is -0.331. The van der Waals surface area contributed by atoms with Crippen LogP contribution in [0.5, 0.6) is 0 Å². The van der Waals surface area contributed by atoms with Crippen LogP contribution >= 0.6 is 0 Å². The summed E-state index contributed by atoms with van der Waals surface area (Å²) < 4.78 is 0. The maximum atomic E-state index is 13.4. The average Bonchev–Trinajstić information content (AvgIpc) is 3.23. The maximum Gasteiger partial charge on any atom is 0.272 e. The minimum Gasteiger partial charge on any atom is -0.326 e. The summed E-state index contributed by atoms with van der Waals surface area (Å²) in [6, 6.07) is 13.7. The normalized spacial score (nSPS) is 15.7. The van der Waals surface area contributed by atoms with E-state index in [9.17, 15) is 9.59 Å². The molecule has 2 aromatic heterocycles. The highest BCUT2D eigenvalue weighted by Gasteiger charge is 2.31. The van der Waals surface area contributed by atoms with Gasteiger partial charge in [-0.25, -0.2) is 0 Å². The number of rotatable bonds is 5. The largest absolute Gasteiger partial charge is 0.326 e. The van der Waals surface area contributed by atoms with Gasteiger partial charge in [-0.05, 0) is 48.1 Å². The molecule has 28 heavy (non-hydrogen) atoms. The third-order valence-corrected chi connectivity index (χ3v) is 5.22. The number of H-pyrrole nitrogens is 1. The van der Waals surface area contributed by atoms with Gasteiger partial charge in [0, 0.05) is 25.9 Å². The molecule has 0 bridgehead atoms. The van der Waals surface area contributed by atoms with Gasteiger partial charge in [-0.15, -0.1) is 0 Å². The van der Waals surface area contributed by atoms with E-state index < -0.39 is 0 Å². The third kappa shape index (κ3) is 3.58. The predicted molar refractivity (Wildman–Crippen MR) is 105 cm³/mol. The molecule has 1 atom stereocenters. The van der Waals surface area contributed by atoms with Gasteiger partial charge in [-0.1, -0.05) is 30.3 Å². The molecule has 0 fully saturated rings. The SMILES string of the molecule is CC(=O)c1cc(C(=O)N(Cc2cccnc2)[C@@H]2CCCc3ccccc32)[nH]n1. The number of benzene rings is 1. The van der Waals surface area contributed by atoms with Crippen molar-refractivity contribution in [2.75, 3.05) is 0 Å². The Morgan fingerprint density at radius 3 is 2.82 bits per heavy atom. The lowest BCUT2D eigenvalue weighted by Gasteiger charge is -2.35. The molecule has 0 unspecified atom stereocenters. The molecule has 0 radical (unpaired) electrons. The monoisotopic (exact) mass is 374 g/mol. The number of Topliss-reactive ketones (excluding diaryl/α,β-unsaturated/α-hetero) is 1. The highest BCUT2D eigenvalue weighted by Crippen LogP contribution is 2.35. The number of amides is 1. The zero-order valence-electron chi connectivity index (χ0n) is 15.8. The topological polar surface area (TPSA) is 79.0 Å².